The van der Waals surface area contributed by atoms with Gasteiger partial charge in [0.25, 0.3) is 0 Å². The maximum Gasteiger partial charge on any atom is 0.0933 e. The Kier molecular flexibility index (Phi) is 3.93. The molecule has 0 aromatic heterocycles. The van der Waals surface area contributed by atoms with Crippen LogP contribution in [0.2, 0.25) is 0 Å². The molecule has 0 nitrogen and oxygen atoms in total. The van der Waals surface area contributed by atoms with Crippen LogP contribution >= 0.6 is 0 Å². The zero-order valence-electron chi connectivity index (χ0n) is 5.40. The normalized spacial score (nSPS) is 14.1. The first-order valence-electron chi connectivity index (χ1n) is 2.77. The first kappa shape index (κ1) is 8.34. The highest BCUT2D eigenvalue weighted by Gasteiger charge is 1.97. The molecule has 0 aromatic carbocycles. The molecule has 0 spiro atoms. The second-order valence-corrected chi connectivity index (χ2v) is 2.02. The van der Waals surface area contributed by atoms with E-state index < -0.39 is 5.83 Å². The molecule has 0 radical (unpaired) electrons. The van der Waals surface area contributed by atoms with Crippen molar-refractivity contribution in [1.82, 2.24) is 0 Å². The van der Waals surface area contributed by atoms with Gasteiger partial charge in [0.2, 0.25) is 0 Å². The predicted molar refractivity (Wildman–Crippen MR) is 34.3 cm³/mol. The van der Waals surface area contributed by atoms with E-state index in [4.69, 9.17) is 0 Å². The molecule has 0 heterocycles. The first-order chi connectivity index (χ1) is 4.16. The zero-order valence-corrected chi connectivity index (χ0v) is 5.40. The van der Waals surface area contributed by atoms with Crippen LogP contribution in [0.3, 0.4) is 0 Å². The van der Waals surface area contributed by atoms with Crippen molar-refractivity contribution in [2.75, 3.05) is 0 Å². The minimum Gasteiger partial charge on any atom is -0.216 e. The fraction of sp³-hybridized carbons (Fsp3) is 0.429. The largest absolute Gasteiger partial charge is 0.216 e. The third-order valence-electron chi connectivity index (χ3n) is 0.945. The highest BCUT2D eigenvalue weighted by Crippen LogP contribution is 2.11. The molecule has 0 saturated heterocycles. The smallest absolute Gasteiger partial charge is 0.0933 e. The molecular formula is C7H10F2. The summed E-state index contributed by atoms with van der Waals surface area (Å²) < 4.78 is 23.3. The predicted octanol–water partition coefficient (Wildman–Crippen LogP) is 2.98. The summed E-state index contributed by atoms with van der Waals surface area (Å²) in [7, 11) is 0. The van der Waals surface area contributed by atoms with E-state index in [1.807, 2.05) is 0 Å². The topological polar surface area (TPSA) is 0 Å². The summed E-state index contributed by atoms with van der Waals surface area (Å²) in [5, 5.41) is 0. The number of halogens is 2. The van der Waals surface area contributed by atoms with E-state index in [1.165, 1.54) is 6.08 Å². The van der Waals surface area contributed by atoms with E-state index in [0.29, 0.717) is 6.33 Å². The van der Waals surface area contributed by atoms with E-state index >= 15 is 0 Å². The summed E-state index contributed by atoms with van der Waals surface area (Å²) in [4.78, 5) is 0. The van der Waals surface area contributed by atoms with Crippen LogP contribution in [0.1, 0.15) is 13.3 Å². The van der Waals surface area contributed by atoms with Crippen LogP contribution in [-0.4, -0.2) is 0 Å². The molecule has 2 heteroatoms. The van der Waals surface area contributed by atoms with Crippen molar-refractivity contribution >= 4 is 0 Å². The fourth-order valence-corrected chi connectivity index (χ4v) is 0.542. The Balaban J connectivity index is 3.50. The molecular weight excluding hydrogens is 122 g/mol. The Hall–Kier alpha value is -0.660. The summed E-state index contributed by atoms with van der Waals surface area (Å²) in [5.74, 6) is -0.493. The molecule has 0 bridgehead atoms. The van der Waals surface area contributed by atoms with E-state index in [2.05, 4.69) is 6.58 Å². The highest BCUT2D eigenvalue weighted by atomic mass is 19.1. The lowest BCUT2D eigenvalue weighted by Crippen LogP contribution is -1.87. The highest BCUT2D eigenvalue weighted by molar-refractivity contribution is 4.89. The second kappa shape index (κ2) is 4.24. The van der Waals surface area contributed by atoms with Gasteiger partial charge >= 0.3 is 0 Å². The fourth-order valence-electron chi connectivity index (χ4n) is 0.542. The van der Waals surface area contributed by atoms with Crippen LogP contribution in [-0.2, 0) is 0 Å². The van der Waals surface area contributed by atoms with Gasteiger partial charge in [-0.15, -0.1) is 0 Å². The molecule has 0 amide bonds. The van der Waals surface area contributed by atoms with Crippen LogP contribution in [0.4, 0.5) is 8.78 Å². The molecule has 52 valence electrons. The molecule has 0 rings (SSSR count). The lowest BCUT2D eigenvalue weighted by atomic mass is 10.1. The van der Waals surface area contributed by atoms with Crippen LogP contribution in [0, 0.1) is 5.92 Å². The monoisotopic (exact) mass is 132 g/mol. The van der Waals surface area contributed by atoms with Crippen molar-refractivity contribution in [3.8, 4) is 0 Å². The van der Waals surface area contributed by atoms with E-state index in [-0.39, 0.29) is 12.3 Å². The molecule has 0 aliphatic rings. The van der Waals surface area contributed by atoms with Gasteiger partial charge in [0.05, 0.1) is 12.2 Å². The maximum atomic E-state index is 11.9. The molecule has 0 fully saturated rings. The third-order valence-corrected chi connectivity index (χ3v) is 0.945. The van der Waals surface area contributed by atoms with Crippen LogP contribution in [0.25, 0.3) is 0 Å². The van der Waals surface area contributed by atoms with Gasteiger partial charge in [-0.2, -0.15) is 0 Å². The summed E-state index contributed by atoms with van der Waals surface area (Å²) in [6.45, 7) is 4.78. The minimum atomic E-state index is -0.402. The van der Waals surface area contributed by atoms with Crippen molar-refractivity contribution < 1.29 is 8.78 Å². The minimum absolute atomic E-state index is 0.0903. The average molecular weight is 132 g/mol. The standard InChI is InChI=1S/C7H10F2/c1-6(3-4-8)5-7(2)9/h3-4,6H,2,5H2,1H3/b4-3+. The van der Waals surface area contributed by atoms with E-state index in [9.17, 15) is 8.78 Å². The van der Waals surface area contributed by atoms with Crippen molar-refractivity contribution in [2.24, 2.45) is 5.92 Å². The van der Waals surface area contributed by atoms with Gasteiger partial charge in [-0.3, -0.25) is 0 Å². The van der Waals surface area contributed by atoms with Crippen LogP contribution in [0.15, 0.2) is 24.8 Å². The Labute approximate surface area is 53.9 Å². The second-order valence-electron chi connectivity index (χ2n) is 2.02. The van der Waals surface area contributed by atoms with Gasteiger partial charge in [0.15, 0.2) is 0 Å². The number of hydrogen-bond donors (Lipinski definition) is 0. The lowest BCUT2D eigenvalue weighted by molar-refractivity contribution is 0.541. The van der Waals surface area contributed by atoms with Crippen molar-refractivity contribution in [3.63, 3.8) is 0 Å². The van der Waals surface area contributed by atoms with Gasteiger partial charge in [-0.25, -0.2) is 8.78 Å². The Morgan fingerprint density at radius 3 is 2.67 bits per heavy atom. The van der Waals surface area contributed by atoms with Crippen molar-refractivity contribution in [1.29, 1.82) is 0 Å². The Morgan fingerprint density at radius 2 is 2.33 bits per heavy atom. The molecule has 1 atom stereocenters. The summed E-state index contributed by atoms with van der Waals surface area (Å²) in [5.41, 5.74) is 0. The first-order valence-corrected chi connectivity index (χ1v) is 2.77. The molecule has 0 N–H and O–H groups in total. The summed E-state index contributed by atoms with van der Waals surface area (Å²) >= 11 is 0. The number of allylic oxidation sites excluding steroid dienone is 2. The molecule has 1 unspecified atom stereocenters. The SMILES string of the molecule is C=C(F)CC(C)/C=C/F. The average Bonchev–Trinajstić information content (AvgIpc) is 1.63. The van der Waals surface area contributed by atoms with Gasteiger partial charge < -0.3 is 0 Å². The zero-order chi connectivity index (χ0) is 7.28. The Morgan fingerprint density at radius 1 is 1.78 bits per heavy atom. The van der Waals surface area contributed by atoms with E-state index in [0.717, 1.165) is 0 Å². The molecule has 0 aliphatic heterocycles. The quantitative estimate of drug-likeness (QED) is 0.553. The maximum absolute atomic E-state index is 11.9. The molecule has 0 saturated carbocycles. The molecule has 0 aliphatic carbocycles. The van der Waals surface area contributed by atoms with Crippen LogP contribution in [0.5, 0.6) is 0 Å². The van der Waals surface area contributed by atoms with Crippen LogP contribution < -0.4 is 0 Å². The third kappa shape index (κ3) is 5.21. The molecule has 9 heavy (non-hydrogen) atoms. The van der Waals surface area contributed by atoms with Gasteiger partial charge in [-0.05, 0) is 5.92 Å². The number of rotatable bonds is 3. The number of hydrogen-bond acceptors (Lipinski definition) is 0. The van der Waals surface area contributed by atoms with Crippen molar-refractivity contribution in [3.05, 3.63) is 24.8 Å². The van der Waals surface area contributed by atoms with Crippen molar-refractivity contribution in [2.45, 2.75) is 13.3 Å². The summed E-state index contributed by atoms with van der Waals surface area (Å²) in [6, 6.07) is 0. The lowest BCUT2D eigenvalue weighted by Gasteiger charge is -1.99. The summed E-state index contributed by atoms with van der Waals surface area (Å²) in [6.07, 6.45) is 1.93. The van der Waals surface area contributed by atoms with Gasteiger partial charge in [-0.1, -0.05) is 19.6 Å². The van der Waals surface area contributed by atoms with Gasteiger partial charge in [0.1, 0.15) is 0 Å². The van der Waals surface area contributed by atoms with E-state index in [1.54, 1.807) is 6.92 Å². The van der Waals surface area contributed by atoms with Gasteiger partial charge in [0, 0.05) is 6.42 Å². The Bertz CT molecular complexity index is 116. The molecule has 0 aromatic rings.